The lowest BCUT2D eigenvalue weighted by Crippen LogP contribution is -2.44. The highest BCUT2D eigenvalue weighted by atomic mass is 35.5. The minimum atomic E-state index is -4.92. The molecule has 210 valence electrons. The molecule has 40 heavy (non-hydrogen) atoms. The first-order chi connectivity index (χ1) is 19.0. The summed E-state index contributed by atoms with van der Waals surface area (Å²) >= 11 is 5.87. The maximum absolute atomic E-state index is 15.2. The minimum Gasteiger partial charge on any atom is -0.497 e. The molecule has 5 rings (SSSR count). The molecule has 0 radical (unpaired) electrons. The molecule has 7 nitrogen and oxygen atoms in total. The summed E-state index contributed by atoms with van der Waals surface area (Å²) in [5, 5.41) is 5.59. The Labute approximate surface area is 230 Å². The van der Waals surface area contributed by atoms with E-state index >= 15 is 8.78 Å². The zero-order valence-electron chi connectivity index (χ0n) is 20.9. The predicted molar refractivity (Wildman–Crippen MR) is 137 cm³/mol. The topological polar surface area (TPSA) is 83.6 Å². The van der Waals surface area contributed by atoms with Crippen molar-refractivity contribution in [1.82, 2.24) is 10.3 Å². The van der Waals surface area contributed by atoms with E-state index in [1.165, 1.54) is 31.4 Å². The van der Waals surface area contributed by atoms with Gasteiger partial charge >= 0.3 is 6.18 Å². The number of ether oxygens (including phenoxy) is 1. The molecule has 2 aliphatic rings. The van der Waals surface area contributed by atoms with Crippen LogP contribution in [0.5, 0.6) is 5.75 Å². The van der Waals surface area contributed by atoms with Gasteiger partial charge in [-0.05, 0) is 43.2 Å². The van der Waals surface area contributed by atoms with E-state index in [9.17, 15) is 22.8 Å². The van der Waals surface area contributed by atoms with Crippen molar-refractivity contribution in [3.8, 4) is 5.75 Å². The highest BCUT2D eigenvalue weighted by Gasteiger charge is 2.49. The maximum atomic E-state index is 15.2. The molecule has 1 saturated heterocycles. The van der Waals surface area contributed by atoms with Gasteiger partial charge in [0.1, 0.15) is 34.8 Å². The van der Waals surface area contributed by atoms with E-state index < -0.39 is 65.1 Å². The van der Waals surface area contributed by atoms with Gasteiger partial charge in [-0.3, -0.25) is 14.5 Å². The molecule has 2 aromatic carbocycles. The van der Waals surface area contributed by atoms with Crippen molar-refractivity contribution < 1.29 is 36.3 Å². The van der Waals surface area contributed by atoms with E-state index in [2.05, 4.69) is 15.6 Å². The van der Waals surface area contributed by atoms with Gasteiger partial charge < -0.3 is 15.4 Å². The largest absolute Gasteiger partial charge is 0.497 e. The van der Waals surface area contributed by atoms with Gasteiger partial charge in [0.2, 0.25) is 0 Å². The highest BCUT2D eigenvalue weighted by molar-refractivity contribution is 6.30. The van der Waals surface area contributed by atoms with Crippen LogP contribution in [0.2, 0.25) is 5.02 Å². The number of carbonyl (C=O) groups excluding carboxylic acids is 2. The summed E-state index contributed by atoms with van der Waals surface area (Å²) in [5.41, 5.74) is -1.96. The molecule has 2 fully saturated rings. The van der Waals surface area contributed by atoms with Gasteiger partial charge in [-0.2, -0.15) is 13.2 Å². The normalized spacial score (nSPS) is 19.1. The third kappa shape index (κ3) is 5.40. The second-order valence-electron chi connectivity index (χ2n) is 9.49. The van der Waals surface area contributed by atoms with Crippen molar-refractivity contribution in [3.05, 3.63) is 82.0 Å². The number of rotatable bonds is 7. The number of anilines is 2. The summed E-state index contributed by atoms with van der Waals surface area (Å²) in [6, 6.07) is 6.77. The molecule has 2 amide bonds. The van der Waals surface area contributed by atoms with Crippen LogP contribution in [0.4, 0.5) is 33.5 Å². The number of hydrogen-bond donors (Lipinski definition) is 2. The molecule has 1 saturated carbocycles. The predicted octanol–water partition coefficient (Wildman–Crippen LogP) is 5.54. The number of hydrogen-bond acceptors (Lipinski definition) is 5. The summed E-state index contributed by atoms with van der Waals surface area (Å²) in [6.45, 7) is -0.590. The van der Waals surface area contributed by atoms with Gasteiger partial charge in [0.15, 0.2) is 0 Å². The second-order valence-corrected chi connectivity index (χ2v) is 9.93. The lowest BCUT2D eigenvalue weighted by atomic mass is 9.92. The third-order valence-corrected chi connectivity index (χ3v) is 7.02. The van der Waals surface area contributed by atoms with Crippen LogP contribution in [0.3, 0.4) is 0 Å². The average molecular weight is 581 g/mol. The van der Waals surface area contributed by atoms with Crippen molar-refractivity contribution in [2.75, 3.05) is 23.9 Å². The van der Waals surface area contributed by atoms with Crippen LogP contribution in [-0.4, -0.2) is 42.5 Å². The lowest BCUT2D eigenvalue weighted by molar-refractivity contribution is -0.136. The van der Waals surface area contributed by atoms with Crippen molar-refractivity contribution in [2.24, 2.45) is 0 Å². The number of benzene rings is 2. The Morgan fingerprint density at radius 2 is 1.75 bits per heavy atom. The smallest absolute Gasteiger partial charge is 0.421 e. The van der Waals surface area contributed by atoms with E-state index in [1.54, 1.807) is 0 Å². The SMILES string of the molecule is COc1cc(F)c([C@@H]2CN(c3nccc(NC4CC4)c3C(F)(F)F)C(=O)[C@H]2NC(=O)c2ccc(Cl)cc2)c(F)c1. The van der Waals surface area contributed by atoms with E-state index in [0.717, 1.165) is 24.4 Å². The number of halogens is 6. The molecule has 0 spiro atoms. The summed E-state index contributed by atoms with van der Waals surface area (Å²) in [4.78, 5) is 31.3. The minimum absolute atomic E-state index is 0.0785. The summed E-state index contributed by atoms with van der Waals surface area (Å²) < 4.78 is 78.2. The van der Waals surface area contributed by atoms with E-state index in [4.69, 9.17) is 16.3 Å². The number of methoxy groups -OCH3 is 1. The fourth-order valence-electron chi connectivity index (χ4n) is 4.70. The Morgan fingerprint density at radius 1 is 1.10 bits per heavy atom. The van der Waals surface area contributed by atoms with Gasteiger partial charge in [0.25, 0.3) is 11.8 Å². The van der Waals surface area contributed by atoms with Crippen LogP contribution >= 0.6 is 11.6 Å². The lowest BCUT2D eigenvalue weighted by Gasteiger charge is -2.23. The van der Waals surface area contributed by atoms with Crippen molar-refractivity contribution in [3.63, 3.8) is 0 Å². The van der Waals surface area contributed by atoms with Gasteiger partial charge in [-0.25, -0.2) is 13.8 Å². The molecule has 3 aromatic rings. The summed E-state index contributed by atoms with van der Waals surface area (Å²) in [7, 11) is 1.21. The molecule has 2 N–H and O–H groups in total. The number of carbonyl (C=O) groups is 2. The molecular weight excluding hydrogens is 559 g/mol. The summed E-state index contributed by atoms with van der Waals surface area (Å²) in [5.74, 6) is -6.25. The molecule has 2 atom stereocenters. The van der Waals surface area contributed by atoms with Crippen LogP contribution in [0.15, 0.2) is 48.7 Å². The third-order valence-electron chi connectivity index (χ3n) is 6.77. The fourth-order valence-corrected chi connectivity index (χ4v) is 4.83. The number of alkyl halides is 3. The van der Waals surface area contributed by atoms with E-state index in [1.807, 2.05) is 0 Å². The van der Waals surface area contributed by atoms with Crippen LogP contribution < -0.4 is 20.3 Å². The number of nitrogens with one attached hydrogen (secondary N) is 2. The number of pyridine rings is 1. The molecule has 13 heteroatoms. The Morgan fingerprint density at radius 3 is 2.33 bits per heavy atom. The Balaban J connectivity index is 1.59. The van der Waals surface area contributed by atoms with Crippen LogP contribution in [0.1, 0.15) is 40.2 Å². The molecular formula is C27H22ClF5N4O3. The summed E-state index contributed by atoms with van der Waals surface area (Å²) in [6.07, 6.45) is -2.42. The molecule has 0 bridgehead atoms. The molecule has 1 aliphatic heterocycles. The Hall–Kier alpha value is -3.93. The van der Waals surface area contributed by atoms with Gasteiger partial charge in [0, 0.05) is 53.0 Å². The average Bonchev–Trinajstić information content (AvgIpc) is 3.66. The van der Waals surface area contributed by atoms with Crippen LogP contribution in [-0.2, 0) is 11.0 Å². The van der Waals surface area contributed by atoms with Crippen molar-refractivity contribution in [2.45, 2.75) is 37.0 Å². The highest BCUT2D eigenvalue weighted by Crippen LogP contribution is 2.44. The molecule has 1 aromatic heterocycles. The van der Waals surface area contributed by atoms with Crippen LogP contribution in [0, 0.1) is 11.6 Å². The van der Waals surface area contributed by atoms with E-state index in [0.29, 0.717) is 22.8 Å². The Kier molecular flexibility index (Phi) is 7.30. The quantitative estimate of drug-likeness (QED) is 0.359. The first-order valence-corrected chi connectivity index (χ1v) is 12.6. The fraction of sp³-hybridized carbons (Fsp3) is 0.296. The first kappa shape index (κ1) is 27.6. The maximum Gasteiger partial charge on any atom is 0.421 e. The number of amides is 2. The zero-order chi connectivity index (χ0) is 28.8. The number of aromatic nitrogens is 1. The second kappa shape index (κ2) is 10.6. The van der Waals surface area contributed by atoms with Crippen LogP contribution in [0.25, 0.3) is 0 Å². The molecule has 1 aliphatic carbocycles. The molecule has 2 heterocycles. The zero-order valence-corrected chi connectivity index (χ0v) is 21.6. The molecule has 0 unspecified atom stereocenters. The first-order valence-electron chi connectivity index (χ1n) is 12.2. The van der Waals surface area contributed by atoms with Crippen molar-refractivity contribution in [1.29, 1.82) is 0 Å². The van der Waals surface area contributed by atoms with E-state index in [-0.39, 0.29) is 23.0 Å². The van der Waals surface area contributed by atoms with Crippen molar-refractivity contribution >= 4 is 34.9 Å². The number of nitrogens with zero attached hydrogens (tertiary/aromatic N) is 2. The van der Waals surface area contributed by atoms with Gasteiger partial charge in [-0.1, -0.05) is 11.6 Å². The van der Waals surface area contributed by atoms with Gasteiger partial charge in [0.05, 0.1) is 12.8 Å². The monoisotopic (exact) mass is 580 g/mol. The standard InChI is InChI=1S/C27H22ClF5N4O3/c1-40-16-10-18(29)21(19(30)11-16)17-12-37(26(39)23(17)36-25(38)13-2-4-14(28)5-3-13)24-22(27(31,32)33)20(8-9-34-24)35-15-6-7-15/h2-5,8-11,15,17,23H,6-7,12H2,1H3,(H,34,35)(H,36,38)/t17-,23-/m0/s1. The Bertz CT molecular complexity index is 1440. The van der Waals surface area contributed by atoms with Gasteiger partial charge in [-0.15, -0.1) is 0 Å².